The van der Waals surface area contributed by atoms with Gasteiger partial charge in [0.05, 0.1) is 18.8 Å². The molecule has 0 amide bonds. The van der Waals surface area contributed by atoms with Crippen LogP contribution in [0.2, 0.25) is 0 Å². The Morgan fingerprint density at radius 1 is 1.21 bits per heavy atom. The summed E-state index contributed by atoms with van der Waals surface area (Å²) < 4.78 is 11.2. The standard InChI is InChI=1S/C22H34N4O2.HI/c1-7-11-27-20-12-15(3)9-10-19(20)14-25-22(23-8-2)24-13-16(4)21-17(5)26-28-18(21)6;/h9-10,12,16H,7-8,11,13-14H2,1-6H3,(H2,23,24,25);1H. The number of aryl methyl sites for hydroxylation is 3. The van der Waals surface area contributed by atoms with E-state index in [2.05, 4.69) is 61.7 Å². The van der Waals surface area contributed by atoms with Crippen molar-refractivity contribution in [3.8, 4) is 5.75 Å². The van der Waals surface area contributed by atoms with Gasteiger partial charge in [0.15, 0.2) is 5.96 Å². The summed E-state index contributed by atoms with van der Waals surface area (Å²) in [4.78, 5) is 4.76. The zero-order chi connectivity index (χ0) is 20.5. The summed E-state index contributed by atoms with van der Waals surface area (Å²) in [5.74, 6) is 2.87. The van der Waals surface area contributed by atoms with E-state index in [4.69, 9.17) is 14.3 Å². The minimum atomic E-state index is 0. The van der Waals surface area contributed by atoms with Gasteiger partial charge in [-0.05, 0) is 45.7 Å². The van der Waals surface area contributed by atoms with Gasteiger partial charge in [-0.2, -0.15) is 0 Å². The first-order valence-electron chi connectivity index (χ1n) is 10.1. The van der Waals surface area contributed by atoms with E-state index < -0.39 is 0 Å². The number of hydrogen-bond acceptors (Lipinski definition) is 4. The van der Waals surface area contributed by atoms with E-state index in [-0.39, 0.29) is 29.9 Å². The van der Waals surface area contributed by atoms with Crippen LogP contribution in [0.25, 0.3) is 0 Å². The smallest absolute Gasteiger partial charge is 0.191 e. The second-order valence-electron chi connectivity index (χ2n) is 7.17. The highest BCUT2D eigenvalue weighted by atomic mass is 127. The number of benzene rings is 1. The molecule has 0 spiro atoms. The first-order valence-corrected chi connectivity index (χ1v) is 10.1. The van der Waals surface area contributed by atoms with E-state index in [0.29, 0.717) is 13.2 Å². The molecule has 162 valence electrons. The van der Waals surface area contributed by atoms with Gasteiger partial charge in [-0.3, -0.25) is 0 Å². The molecule has 1 heterocycles. The van der Waals surface area contributed by atoms with Crippen molar-refractivity contribution in [3.05, 3.63) is 46.3 Å². The number of rotatable bonds is 9. The average molecular weight is 514 g/mol. The van der Waals surface area contributed by atoms with Gasteiger partial charge in [0.25, 0.3) is 0 Å². The molecule has 0 radical (unpaired) electrons. The van der Waals surface area contributed by atoms with Crippen molar-refractivity contribution < 1.29 is 9.26 Å². The van der Waals surface area contributed by atoms with Crippen LogP contribution in [0.5, 0.6) is 5.75 Å². The average Bonchev–Trinajstić information content (AvgIpc) is 3.01. The van der Waals surface area contributed by atoms with Gasteiger partial charge in [-0.25, -0.2) is 4.99 Å². The Morgan fingerprint density at radius 2 is 1.97 bits per heavy atom. The lowest BCUT2D eigenvalue weighted by atomic mass is 10.00. The molecular weight excluding hydrogens is 479 g/mol. The van der Waals surface area contributed by atoms with E-state index in [0.717, 1.165) is 53.8 Å². The van der Waals surface area contributed by atoms with E-state index >= 15 is 0 Å². The monoisotopic (exact) mass is 514 g/mol. The Morgan fingerprint density at radius 3 is 2.59 bits per heavy atom. The summed E-state index contributed by atoms with van der Waals surface area (Å²) in [7, 11) is 0. The third-order valence-electron chi connectivity index (χ3n) is 4.59. The van der Waals surface area contributed by atoms with Gasteiger partial charge < -0.3 is 19.9 Å². The van der Waals surface area contributed by atoms with Crippen molar-refractivity contribution in [3.63, 3.8) is 0 Å². The molecule has 1 atom stereocenters. The molecule has 29 heavy (non-hydrogen) atoms. The van der Waals surface area contributed by atoms with E-state index in [1.807, 2.05) is 13.8 Å². The molecule has 1 aromatic heterocycles. The number of guanidine groups is 1. The van der Waals surface area contributed by atoms with Gasteiger partial charge in [-0.15, -0.1) is 24.0 Å². The summed E-state index contributed by atoms with van der Waals surface area (Å²) in [6.07, 6.45) is 0.987. The van der Waals surface area contributed by atoms with Gasteiger partial charge in [-0.1, -0.05) is 31.1 Å². The van der Waals surface area contributed by atoms with E-state index in [9.17, 15) is 0 Å². The molecule has 2 aromatic rings. The number of halogens is 1. The number of hydrogen-bond donors (Lipinski definition) is 2. The van der Waals surface area contributed by atoms with Crippen LogP contribution in [-0.4, -0.2) is 30.8 Å². The van der Waals surface area contributed by atoms with Crippen LogP contribution >= 0.6 is 24.0 Å². The lowest BCUT2D eigenvalue weighted by Crippen LogP contribution is -2.39. The molecule has 0 aliphatic carbocycles. The quantitative estimate of drug-likeness (QED) is 0.284. The number of aromatic nitrogens is 1. The Balaban J connectivity index is 0.00000420. The maximum Gasteiger partial charge on any atom is 0.191 e. The predicted molar refractivity (Wildman–Crippen MR) is 130 cm³/mol. The van der Waals surface area contributed by atoms with Crippen molar-refractivity contribution in [1.29, 1.82) is 0 Å². The van der Waals surface area contributed by atoms with Crippen LogP contribution in [0.15, 0.2) is 27.7 Å². The van der Waals surface area contributed by atoms with Gasteiger partial charge >= 0.3 is 0 Å². The Kier molecular flexibility index (Phi) is 11.1. The molecule has 2 rings (SSSR count). The minimum Gasteiger partial charge on any atom is -0.493 e. The van der Waals surface area contributed by atoms with E-state index in [1.54, 1.807) is 0 Å². The first-order chi connectivity index (χ1) is 13.5. The normalized spacial score (nSPS) is 12.3. The SMILES string of the molecule is CCCOc1cc(C)ccc1CN=C(NCC)NCC(C)c1c(C)noc1C.I. The molecule has 0 aliphatic heterocycles. The molecule has 0 fully saturated rings. The highest BCUT2D eigenvalue weighted by Gasteiger charge is 2.16. The lowest BCUT2D eigenvalue weighted by molar-refractivity contribution is 0.314. The number of ether oxygens (including phenoxy) is 1. The summed E-state index contributed by atoms with van der Waals surface area (Å²) in [5.41, 5.74) is 4.40. The fourth-order valence-corrected chi connectivity index (χ4v) is 3.19. The van der Waals surface area contributed by atoms with Crippen molar-refractivity contribution in [2.75, 3.05) is 19.7 Å². The van der Waals surface area contributed by atoms with Crippen LogP contribution in [0.1, 0.15) is 61.3 Å². The molecule has 1 unspecified atom stereocenters. The molecule has 2 N–H and O–H groups in total. The van der Waals surface area contributed by atoms with Gasteiger partial charge in [0.2, 0.25) is 0 Å². The minimum absolute atomic E-state index is 0. The largest absolute Gasteiger partial charge is 0.493 e. The van der Waals surface area contributed by atoms with Crippen LogP contribution in [0.4, 0.5) is 0 Å². The van der Waals surface area contributed by atoms with Crippen molar-refractivity contribution in [2.24, 2.45) is 4.99 Å². The van der Waals surface area contributed by atoms with Crippen LogP contribution in [0, 0.1) is 20.8 Å². The Labute approximate surface area is 191 Å². The fourth-order valence-electron chi connectivity index (χ4n) is 3.19. The Hall–Kier alpha value is -1.77. The Bertz CT molecular complexity index is 770. The second-order valence-corrected chi connectivity index (χ2v) is 7.17. The molecule has 0 aliphatic rings. The number of nitrogens with zero attached hydrogens (tertiary/aromatic N) is 2. The molecule has 0 bridgehead atoms. The van der Waals surface area contributed by atoms with Gasteiger partial charge in [0, 0.05) is 30.1 Å². The zero-order valence-electron chi connectivity index (χ0n) is 18.5. The summed E-state index contributed by atoms with van der Waals surface area (Å²) in [6, 6.07) is 6.28. The number of nitrogens with one attached hydrogen (secondary N) is 2. The van der Waals surface area contributed by atoms with Gasteiger partial charge in [0.1, 0.15) is 11.5 Å². The molecule has 0 saturated heterocycles. The fraction of sp³-hybridized carbons (Fsp3) is 0.545. The molecule has 6 nitrogen and oxygen atoms in total. The first kappa shape index (κ1) is 25.3. The maximum atomic E-state index is 5.91. The third kappa shape index (κ3) is 7.53. The topological polar surface area (TPSA) is 71.7 Å². The second kappa shape index (κ2) is 12.7. The van der Waals surface area contributed by atoms with Crippen LogP contribution < -0.4 is 15.4 Å². The van der Waals surface area contributed by atoms with Crippen LogP contribution in [-0.2, 0) is 6.54 Å². The maximum absolute atomic E-state index is 5.91. The molecule has 7 heteroatoms. The van der Waals surface area contributed by atoms with Crippen LogP contribution in [0.3, 0.4) is 0 Å². The van der Waals surface area contributed by atoms with Crippen molar-refractivity contribution >= 4 is 29.9 Å². The highest BCUT2D eigenvalue weighted by molar-refractivity contribution is 14.0. The predicted octanol–water partition coefficient (Wildman–Crippen LogP) is 4.87. The third-order valence-corrected chi connectivity index (χ3v) is 4.59. The molecule has 1 aromatic carbocycles. The highest BCUT2D eigenvalue weighted by Crippen LogP contribution is 2.23. The molecule has 0 saturated carbocycles. The van der Waals surface area contributed by atoms with E-state index in [1.165, 1.54) is 5.56 Å². The summed E-state index contributed by atoms with van der Waals surface area (Å²) in [6.45, 7) is 15.2. The van der Waals surface area contributed by atoms with Crippen molar-refractivity contribution in [2.45, 2.75) is 60.4 Å². The summed E-state index contributed by atoms with van der Waals surface area (Å²) in [5, 5.41) is 10.8. The number of aliphatic imine (C=N–C) groups is 1. The summed E-state index contributed by atoms with van der Waals surface area (Å²) >= 11 is 0. The van der Waals surface area contributed by atoms with Crippen molar-refractivity contribution in [1.82, 2.24) is 15.8 Å². The lowest BCUT2D eigenvalue weighted by Gasteiger charge is -2.16. The molecular formula is C22H35IN4O2. The zero-order valence-corrected chi connectivity index (χ0v) is 20.8.